The molecule has 1 saturated heterocycles. The van der Waals surface area contributed by atoms with Gasteiger partial charge in [-0.15, -0.1) is 11.8 Å². The largest absolute Gasteiger partial charge is 0.480 e. The average molecular weight is 373 g/mol. The third-order valence-electron chi connectivity index (χ3n) is 2.87. The minimum atomic E-state index is -1.06. The van der Waals surface area contributed by atoms with E-state index < -0.39 is 23.2 Å². The number of hydrogen-bond acceptors (Lipinski definition) is 4. The van der Waals surface area contributed by atoms with Gasteiger partial charge in [0.1, 0.15) is 6.04 Å². The summed E-state index contributed by atoms with van der Waals surface area (Å²) in [6, 6.07) is 6.21. The van der Waals surface area contributed by atoms with Crippen molar-refractivity contribution < 1.29 is 19.5 Å². The number of rotatable bonds is 4. The van der Waals surface area contributed by atoms with E-state index >= 15 is 0 Å². The molecule has 0 aromatic heterocycles. The highest BCUT2D eigenvalue weighted by molar-refractivity contribution is 9.10. The van der Waals surface area contributed by atoms with E-state index in [0.717, 1.165) is 4.47 Å². The molecular weight excluding hydrogens is 360 g/mol. The fourth-order valence-corrected chi connectivity index (χ4v) is 3.20. The Morgan fingerprint density at radius 2 is 2.05 bits per heavy atom. The molecule has 0 saturated carbocycles. The van der Waals surface area contributed by atoms with E-state index in [1.807, 2.05) is 0 Å². The molecule has 2 atom stereocenters. The van der Waals surface area contributed by atoms with Gasteiger partial charge in [-0.2, -0.15) is 0 Å². The molecular formula is C13H13BrN2O4S. The summed E-state index contributed by atoms with van der Waals surface area (Å²) in [5.41, 5.74) is 0.646. The smallest absolute Gasteiger partial charge is 0.327 e. The van der Waals surface area contributed by atoms with E-state index in [0.29, 0.717) is 5.69 Å². The van der Waals surface area contributed by atoms with E-state index in [9.17, 15) is 14.4 Å². The Bertz CT molecular complexity index is 564. The molecule has 0 aliphatic carbocycles. The van der Waals surface area contributed by atoms with Gasteiger partial charge in [-0.05, 0) is 24.3 Å². The van der Waals surface area contributed by atoms with Crippen LogP contribution in [0.3, 0.4) is 0 Å². The van der Waals surface area contributed by atoms with Crippen LogP contribution in [0.25, 0.3) is 0 Å². The van der Waals surface area contributed by atoms with E-state index in [1.54, 1.807) is 24.3 Å². The van der Waals surface area contributed by atoms with Gasteiger partial charge in [0.25, 0.3) is 0 Å². The van der Waals surface area contributed by atoms with Crippen molar-refractivity contribution in [2.45, 2.75) is 17.7 Å². The van der Waals surface area contributed by atoms with Crippen LogP contribution in [0.2, 0.25) is 0 Å². The Labute approximate surface area is 133 Å². The number of hydrogen-bond donors (Lipinski definition) is 3. The number of carboxylic acids is 1. The standard InChI is InChI=1S/C13H13BrN2O4S/c14-7-1-3-8(4-2-7)15-11(17)5-10-12(18)16-9(6-21-10)13(19)20/h1-4,9-10H,5-6H2,(H,15,17)(H,16,18)(H,19,20)/t9-,10+/m1/s1. The molecule has 0 spiro atoms. The van der Waals surface area contributed by atoms with Crippen LogP contribution in [0.5, 0.6) is 0 Å². The summed E-state index contributed by atoms with van der Waals surface area (Å²) in [5.74, 6) is -1.49. The van der Waals surface area contributed by atoms with Crippen molar-refractivity contribution in [2.24, 2.45) is 0 Å². The van der Waals surface area contributed by atoms with E-state index in [1.165, 1.54) is 11.8 Å². The number of carbonyl (C=O) groups excluding carboxylic acids is 2. The number of carboxylic acid groups (broad SMARTS) is 1. The zero-order valence-corrected chi connectivity index (χ0v) is 13.2. The quantitative estimate of drug-likeness (QED) is 0.743. The molecule has 2 amide bonds. The number of aliphatic carboxylic acids is 1. The lowest BCUT2D eigenvalue weighted by molar-refractivity contribution is -0.141. The molecule has 1 heterocycles. The molecule has 1 aliphatic rings. The van der Waals surface area contributed by atoms with Gasteiger partial charge in [0.05, 0.1) is 5.25 Å². The number of benzene rings is 1. The summed E-state index contributed by atoms with van der Waals surface area (Å²) in [4.78, 5) is 34.4. The molecule has 2 rings (SSSR count). The fourth-order valence-electron chi connectivity index (χ4n) is 1.79. The second-order valence-corrected chi connectivity index (χ2v) is 6.63. The minimum absolute atomic E-state index is 0.0128. The first kappa shape index (κ1) is 15.8. The highest BCUT2D eigenvalue weighted by Crippen LogP contribution is 2.22. The molecule has 0 radical (unpaired) electrons. The van der Waals surface area contributed by atoms with Crippen molar-refractivity contribution in [1.29, 1.82) is 0 Å². The summed E-state index contributed by atoms with van der Waals surface area (Å²) in [7, 11) is 0. The molecule has 3 N–H and O–H groups in total. The van der Waals surface area contributed by atoms with Crippen LogP contribution in [0.1, 0.15) is 6.42 Å². The van der Waals surface area contributed by atoms with E-state index in [2.05, 4.69) is 26.6 Å². The van der Waals surface area contributed by atoms with Gasteiger partial charge in [-0.3, -0.25) is 9.59 Å². The van der Waals surface area contributed by atoms with Gasteiger partial charge in [0.2, 0.25) is 11.8 Å². The third-order valence-corrected chi connectivity index (χ3v) is 4.71. The molecule has 112 valence electrons. The Morgan fingerprint density at radius 1 is 1.38 bits per heavy atom. The van der Waals surface area contributed by atoms with E-state index in [4.69, 9.17) is 5.11 Å². The van der Waals surface area contributed by atoms with Crippen molar-refractivity contribution in [3.05, 3.63) is 28.7 Å². The normalized spacial score (nSPS) is 21.5. The van der Waals surface area contributed by atoms with E-state index in [-0.39, 0.29) is 18.1 Å². The Kier molecular flexibility index (Phi) is 5.24. The van der Waals surface area contributed by atoms with Crippen LogP contribution >= 0.6 is 27.7 Å². The van der Waals surface area contributed by atoms with Crippen molar-refractivity contribution in [3.8, 4) is 0 Å². The fraction of sp³-hybridized carbons (Fsp3) is 0.308. The predicted molar refractivity (Wildman–Crippen MR) is 83.2 cm³/mol. The van der Waals surface area contributed by atoms with Gasteiger partial charge < -0.3 is 15.7 Å². The first-order valence-corrected chi connectivity index (χ1v) is 8.00. The summed E-state index contributed by atoms with van der Waals surface area (Å²) in [5, 5.41) is 13.4. The maximum Gasteiger partial charge on any atom is 0.327 e. The van der Waals surface area contributed by atoms with Gasteiger partial charge >= 0.3 is 5.97 Å². The third kappa shape index (κ3) is 4.47. The molecule has 21 heavy (non-hydrogen) atoms. The number of halogens is 1. The number of nitrogens with one attached hydrogen (secondary N) is 2. The lowest BCUT2D eigenvalue weighted by atomic mass is 10.2. The summed E-state index contributed by atoms with van der Waals surface area (Å²) < 4.78 is 0.905. The van der Waals surface area contributed by atoms with Crippen LogP contribution < -0.4 is 10.6 Å². The van der Waals surface area contributed by atoms with Crippen LogP contribution in [-0.2, 0) is 14.4 Å². The first-order valence-electron chi connectivity index (χ1n) is 6.16. The van der Waals surface area contributed by atoms with Crippen LogP contribution in [0, 0.1) is 0 Å². The second-order valence-electron chi connectivity index (χ2n) is 4.48. The maximum absolute atomic E-state index is 11.9. The maximum atomic E-state index is 11.9. The SMILES string of the molecule is O=C(C[C@@H]1SC[C@H](C(=O)O)NC1=O)Nc1ccc(Br)cc1. The molecule has 1 fully saturated rings. The van der Waals surface area contributed by atoms with Crippen molar-refractivity contribution >= 4 is 51.2 Å². The highest BCUT2D eigenvalue weighted by Gasteiger charge is 2.33. The monoisotopic (exact) mass is 372 g/mol. The van der Waals surface area contributed by atoms with Gasteiger partial charge in [0.15, 0.2) is 0 Å². The first-order chi connectivity index (χ1) is 9.95. The highest BCUT2D eigenvalue weighted by atomic mass is 79.9. The molecule has 1 aromatic rings. The molecule has 1 aromatic carbocycles. The summed E-state index contributed by atoms with van der Waals surface area (Å²) in [6.45, 7) is 0. The Balaban J connectivity index is 1.87. The van der Waals surface area contributed by atoms with Crippen LogP contribution in [0.15, 0.2) is 28.7 Å². The molecule has 0 unspecified atom stereocenters. The lowest BCUT2D eigenvalue weighted by Gasteiger charge is -2.25. The van der Waals surface area contributed by atoms with Crippen molar-refractivity contribution in [1.82, 2.24) is 5.32 Å². The Morgan fingerprint density at radius 3 is 2.62 bits per heavy atom. The van der Waals surface area contributed by atoms with Gasteiger partial charge in [0, 0.05) is 22.3 Å². The summed E-state index contributed by atoms with van der Waals surface area (Å²) >= 11 is 4.49. The Hall–Kier alpha value is -1.54. The zero-order valence-electron chi connectivity index (χ0n) is 10.8. The molecule has 8 heteroatoms. The predicted octanol–water partition coefficient (Wildman–Crippen LogP) is 1.46. The zero-order chi connectivity index (χ0) is 15.4. The lowest BCUT2D eigenvalue weighted by Crippen LogP contribution is -2.51. The van der Waals surface area contributed by atoms with Crippen molar-refractivity contribution in [2.75, 3.05) is 11.1 Å². The van der Waals surface area contributed by atoms with Gasteiger partial charge in [-0.1, -0.05) is 15.9 Å². The second kappa shape index (κ2) is 6.95. The van der Waals surface area contributed by atoms with Gasteiger partial charge in [-0.25, -0.2) is 4.79 Å². The molecule has 0 bridgehead atoms. The topological polar surface area (TPSA) is 95.5 Å². The number of thioether (sulfide) groups is 1. The minimum Gasteiger partial charge on any atom is -0.480 e. The van der Waals surface area contributed by atoms with Crippen LogP contribution in [-0.4, -0.2) is 39.9 Å². The van der Waals surface area contributed by atoms with Crippen molar-refractivity contribution in [3.63, 3.8) is 0 Å². The number of amides is 2. The number of anilines is 1. The van der Waals surface area contributed by atoms with Crippen LogP contribution in [0.4, 0.5) is 5.69 Å². The average Bonchev–Trinajstić information content (AvgIpc) is 2.43. The number of carbonyl (C=O) groups is 3. The molecule has 6 nitrogen and oxygen atoms in total. The molecule has 1 aliphatic heterocycles. The summed E-state index contributed by atoms with van der Waals surface area (Å²) in [6.07, 6.45) is 0.0128.